The fraction of sp³-hybridized carbons (Fsp3) is 0.444. The Morgan fingerprint density at radius 2 is 2.19 bits per heavy atom. The molecule has 5 nitrogen and oxygen atoms in total. The van der Waals surface area contributed by atoms with Crippen molar-refractivity contribution in [3.05, 3.63) is 16.4 Å². The largest absolute Gasteiger partial charge is 0.480 e. The predicted molar refractivity (Wildman–Crippen MR) is 62.0 cm³/mol. The average molecular weight is 264 g/mol. The fourth-order valence-corrected chi connectivity index (χ4v) is 1.32. The molecule has 2 N–H and O–H groups in total. The van der Waals surface area contributed by atoms with E-state index in [1.54, 1.807) is 13.8 Å². The highest BCUT2D eigenvalue weighted by molar-refractivity contribution is 6.33. The first-order valence-electron chi connectivity index (χ1n) is 4.59. The van der Waals surface area contributed by atoms with E-state index in [0.717, 1.165) is 0 Å². The summed E-state index contributed by atoms with van der Waals surface area (Å²) in [6.45, 7) is 3.31. The van der Waals surface area contributed by atoms with Crippen LogP contribution in [-0.2, 0) is 4.79 Å². The number of aromatic nitrogens is 2. The maximum Gasteiger partial charge on any atom is 0.329 e. The molecule has 0 fully saturated rings. The van der Waals surface area contributed by atoms with Crippen molar-refractivity contribution >= 4 is 34.9 Å². The van der Waals surface area contributed by atoms with Gasteiger partial charge in [0, 0.05) is 6.07 Å². The molecule has 1 heterocycles. The van der Waals surface area contributed by atoms with Crippen LogP contribution in [0.5, 0.6) is 0 Å². The zero-order chi connectivity index (χ0) is 12.3. The number of halogens is 2. The summed E-state index contributed by atoms with van der Waals surface area (Å²) in [6.07, 6.45) is 0.388. The molecule has 1 aromatic rings. The number of carboxylic acid groups (broad SMARTS) is 1. The topological polar surface area (TPSA) is 75.1 Å². The van der Waals surface area contributed by atoms with Crippen molar-refractivity contribution in [2.24, 2.45) is 0 Å². The molecule has 0 aromatic carbocycles. The third-order valence-corrected chi connectivity index (χ3v) is 2.77. The van der Waals surface area contributed by atoms with Gasteiger partial charge in [0.15, 0.2) is 10.3 Å². The van der Waals surface area contributed by atoms with Gasteiger partial charge >= 0.3 is 5.97 Å². The summed E-state index contributed by atoms with van der Waals surface area (Å²) in [6, 6.07) is 1.44. The Hall–Kier alpha value is -1.07. The Morgan fingerprint density at radius 1 is 1.56 bits per heavy atom. The second kappa shape index (κ2) is 4.84. The molecule has 16 heavy (non-hydrogen) atoms. The lowest BCUT2D eigenvalue weighted by atomic mass is 9.99. The molecule has 1 atom stereocenters. The van der Waals surface area contributed by atoms with Crippen LogP contribution in [0, 0.1) is 0 Å². The normalized spacial score (nSPS) is 14.2. The van der Waals surface area contributed by atoms with E-state index in [-0.39, 0.29) is 10.3 Å². The molecule has 7 heteroatoms. The fourth-order valence-electron chi connectivity index (χ4n) is 1.03. The summed E-state index contributed by atoms with van der Waals surface area (Å²) >= 11 is 11.4. The second-order valence-electron chi connectivity index (χ2n) is 3.49. The molecule has 0 bridgehead atoms. The molecule has 0 saturated carbocycles. The second-order valence-corrected chi connectivity index (χ2v) is 4.23. The quantitative estimate of drug-likeness (QED) is 0.873. The number of rotatable bonds is 4. The number of hydrogen-bond acceptors (Lipinski definition) is 4. The Balaban J connectivity index is 3.03. The molecule has 1 aromatic heterocycles. The molecule has 0 radical (unpaired) electrons. The van der Waals surface area contributed by atoms with Gasteiger partial charge in [-0.3, -0.25) is 0 Å². The first kappa shape index (κ1) is 13.0. The molecule has 0 saturated heterocycles. The molecule has 0 amide bonds. The van der Waals surface area contributed by atoms with Crippen molar-refractivity contribution in [3.63, 3.8) is 0 Å². The Bertz CT molecular complexity index is 414. The Kier molecular flexibility index (Phi) is 3.93. The van der Waals surface area contributed by atoms with Crippen LogP contribution >= 0.6 is 23.2 Å². The van der Waals surface area contributed by atoms with Crippen molar-refractivity contribution < 1.29 is 9.90 Å². The lowest BCUT2D eigenvalue weighted by Crippen LogP contribution is -2.42. The minimum absolute atomic E-state index is 0.0883. The van der Waals surface area contributed by atoms with E-state index in [1.165, 1.54) is 6.07 Å². The molecule has 0 aliphatic carbocycles. The third-order valence-electron chi connectivity index (χ3n) is 2.31. The molecular weight excluding hydrogens is 253 g/mol. The van der Waals surface area contributed by atoms with E-state index in [9.17, 15) is 4.79 Å². The summed E-state index contributed by atoms with van der Waals surface area (Å²) < 4.78 is 0. The monoisotopic (exact) mass is 263 g/mol. The summed E-state index contributed by atoms with van der Waals surface area (Å²) in [7, 11) is 0. The van der Waals surface area contributed by atoms with Crippen LogP contribution in [0.4, 0.5) is 5.69 Å². The highest BCUT2D eigenvalue weighted by Gasteiger charge is 2.31. The summed E-state index contributed by atoms with van der Waals surface area (Å²) in [5.74, 6) is -0.973. The van der Waals surface area contributed by atoms with E-state index >= 15 is 0 Å². The SMILES string of the molecule is CCC(C)(Nc1cc(Cl)nnc1Cl)C(=O)O. The Morgan fingerprint density at radius 3 is 2.69 bits per heavy atom. The highest BCUT2D eigenvalue weighted by atomic mass is 35.5. The Labute approximate surface area is 103 Å². The van der Waals surface area contributed by atoms with Crippen molar-refractivity contribution in [1.29, 1.82) is 0 Å². The van der Waals surface area contributed by atoms with Crippen LogP contribution in [0.25, 0.3) is 0 Å². The maximum absolute atomic E-state index is 11.1. The van der Waals surface area contributed by atoms with E-state index in [2.05, 4.69) is 15.5 Å². The molecule has 1 unspecified atom stereocenters. The predicted octanol–water partition coefficient (Wildman–Crippen LogP) is 2.45. The van der Waals surface area contributed by atoms with Gasteiger partial charge in [0.05, 0.1) is 5.69 Å². The van der Waals surface area contributed by atoms with Gasteiger partial charge in [-0.2, -0.15) is 0 Å². The van der Waals surface area contributed by atoms with Crippen LogP contribution in [0.1, 0.15) is 20.3 Å². The first-order chi connectivity index (χ1) is 7.39. The summed E-state index contributed by atoms with van der Waals surface area (Å²) in [5, 5.41) is 19.2. The summed E-state index contributed by atoms with van der Waals surface area (Å²) in [5.41, 5.74) is -0.760. The van der Waals surface area contributed by atoms with Gasteiger partial charge in [-0.25, -0.2) is 4.79 Å². The van der Waals surface area contributed by atoms with Crippen LogP contribution in [-0.4, -0.2) is 26.8 Å². The van der Waals surface area contributed by atoms with Gasteiger partial charge in [-0.05, 0) is 13.3 Å². The van der Waals surface area contributed by atoms with E-state index in [0.29, 0.717) is 12.1 Å². The minimum atomic E-state index is -1.12. The number of nitrogens with zero attached hydrogens (tertiary/aromatic N) is 2. The standard InChI is InChI=1S/C9H11Cl2N3O2/c1-3-9(2,8(15)16)12-5-4-6(10)13-14-7(5)11/h4H,3H2,1-2H3,(H,12,13)(H,15,16). The first-order valence-corrected chi connectivity index (χ1v) is 5.35. The van der Waals surface area contributed by atoms with Gasteiger partial charge in [-0.15, -0.1) is 10.2 Å². The zero-order valence-electron chi connectivity index (χ0n) is 8.79. The van der Waals surface area contributed by atoms with Crippen LogP contribution in [0.3, 0.4) is 0 Å². The van der Waals surface area contributed by atoms with Crippen LogP contribution in [0.15, 0.2) is 6.07 Å². The highest BCUT2D eigenvalue weighted by Crippen LogP contribution is 2.25. The van der Waals surface area contributed by atoms with Crippen molar-refractivity contribution in [2.75, 3.05) is 5.32 Å². The number of aliphatic carboxylic acids is 1. The third kappa shape index (κ3) is 2.74. The minimum Gasteiger partial charge on any atom is -0.480 e. The number of hydrogen-bond donors (Lipinski definition) is 2. The number of carboxylic acids is 1. The van der Waals surface area contributed by atoms with Gasteiger partial charge in [-0.1, -0.05) is 30.1 Å². The molecule has 0 aliphatic rings. The van der Waals surface area contributed by atoms with Gasteiger partial charge in [0.25, 0.3) is 0 Å². The van der Waals surface area contributed by atoms with E-state index in [4.69, 9.17) is 28.3 Å². The van der Waals surface area contributed by atoms with Crippen molar-refractivity contribution in [3.8, 4) is 0 Å². The van der Waals surface area contributed by atoms with Crippen molar-refractivity contribution in [1.82, 2.24) is 10.2 Å². The molecule has 88 valence electrons. The molecular formula is C9H11Cl2N3O2. The van der Waals surface area contributed by atoms with Gasteiger partial charge < -0.3 is 10.4 Å². The lowest BCUT2D eigenvalue weighted by Gasteiger charge is -2.25. The van der Waals surface area contributed by atoms with Crippen molar-refractivity contribution in [2.45, 2.75) is 25.8 Å². The molecule has 0 aliphatic heterocycles. The smallest absolute Gasteiger partial charge is 0.329 e. The molecule has 0 spiro atoms. The lowest BCUT2D eigenvalue weighted by molar-refractivity contribution is -0.141. The number of carbonyl (C=O) groups is 1. The van der Waals surface area contributed by atoms with Crippen LogP contribution in [0.2, 0.25) is 10.3 Å². The van der Waals surface area contributed by atoms with Gasteiger partial charge in [0.2, 0.25) is 0 Å². The average Bonchev–Trinajstić information content (AvgIpc) is 2.23. The van der Waals surface area contributed by atoms with Crippen LogP contribution < -0.4 is 5.32 Å². The van der Waals surface area contributed by atoms with Gasteiger partial charge in [0.1, 0.15) is 5.54 Å². The van der Waals surface area contributed by atoms with E-state index < -0.39 is 11.5 Å². The zero-order valence-corrected chi connectivity index (χ0v) is 10.3. The maximum atomic E-state index is 11.1. The van der Waals surface area contributed by atoms with E-state index in [1.807, 2.05) is 0 Å². The molecule has 1 rings (SSSR count). The number of anilines is 1. The number of nitrogens with one attached hydrogen (secondary N) is 1. The summed E-state index contributed by atoms with van der Waals surface area (Å²) in [4.78, 5) is 11.1.